The Morgan fingerprint density at radius 3 is 0.890 bits per heavy atom. The number of unbranched alkanes of at least 4 members (excludes halogenated alkanes) is 36. The molecule has 1 atom stereocenters. The number of allylic oxidation sites excluding steroid dienone is 14. The van der Waals surface area contributed by atoms with E-state index in [-0.39, 0.29) is 25.2 Å². The molecule has 0 heterocycles. The molecule has 5 heteroatoms. The van der Waals surface area contributed by atoms with Crippen molar-refractivity contribution in [1.29, 1.82) is 0 Å². The summed E-state index contributed by atoms with van der Waals surface area (Å²) in [6.45, 7) is 4.06. The molecule has 0 aromatic carbocycles. The van der Waals surface area contributed by atoms with Crippen LogP contribution in [0.5, 0.6) is 0 Å². The maximum absolute atomic E-state index is 12.3. The molecule has 0 aliphatic heterocycles. The lowest BCUT2D eigenvalue weighted by atomic mass is 10.0. The maximum atomic E-state index is 12.3. The van der Waals surface area contributed by atoms with Gasteiger partial charge in [-0.05, 0) is 70.6 Å². The van der Waals surface area contributed by atoms with Crippen molar-refractivity contribution in [3.05, 3.63) is 85.1 Å². The fourth-order valence-corrected chi connectivity index (χ4v) is 9.25. The molecule has 0 saturated carbocycles. The van der Waals surface area contributed by atoms with Crippen LogP contribution in [-0.2, 0) is 19.1 Å². The van der Waals surface area contributed by atoms with Crippen LogP contribution in [0.3, 0.4) is 0 Å². The van der Waals surface area contributed by atoms with E-state index in [0.29, 0.717) is 12.8 Å². The topological polar surface area (TPSA) is 72.8 Å². The van der Waals surface area contributed by atoms with Crippen LogP contribution in [0.4, 0.5) is 0 Å². The highest BCUT2D eigenvalue weighted by atomic mass is 16.6. The third-order valence-corrected chi connectivity index (χ3v) is 14.0. The molecule has 0 rings (SSSR count). The zero-order chi connectivity index (χ0) is 52.7. The summed E-state index contributed by atoms with van der Waals surface area (Å²) in [5.41, 5.74) is 0. The van der Waals surface area contributed by atoms with Gasteiger partial charge in [-0.2, -0.15) is 0 Å². The van der Waals surface area contributed by atoms with E-state index in [1.54, 1.807) is 0 Å². The third kappa shape index (κ3) is 61.5. The maximum Gasteiger partial charge on any atom is 0.306 e. The molecule has 0 aliphatic carbocycles. The molecule has 0 aliphatic rings. The molecule has 0 saturated heterocycles. The zero-order valence-electron chi connectivity index (χ0n) is 48.4. The van der Waals surface area contributed by atoms with Crippen LogP contribution in [0.2, 0.25) is 0 Å². The Morgan fingerprint density at radius 2 is 0.589 bits per heavy atom. The molecule has 73 heavy (non-hydrogen) atoms. The highest BCUT2D eigenvalue weighted by Gasteiger charge is 2.16. The van der Waals surface area contributed by atoms with Crippen LogP contribution in [0.25, 0.3) is 0 Å². The lowest BCUT2D eigenvalue weighted by molar-refractivity contribution is -0.161. The number of hydrogen-bond acceptors (Lipinski definition) is 5. The Labute approximate surface area is 454 Å². The largest absolute Gasteiger partial charge is 0.462 e. The Morgan fingerprint density at radius 1 is 0.329 bits per heavy atom. The van der Waals surface area contributed by atoms with Gasteiger partial charge in [-0.1, -0.05) is 317 Å². The lowest BCUT2D eigenvalue weighted by Gasteiger charge is -2.15. The zero-order valence-corrected chi connectivity index (χ0v) is 48.4. The van der Waals surface area contributed by atoms with Gasteiger partial charge in [0.15, 0.2) is 6.10 Å². The predicted molar refractivity (Wildman–Crippen MR) is 320 cm³/mol. The summed E-state index contributed by atoms with van der Waals surface area (Å²) in [5, 5.41) is 9.68. The SMILES string of the molecule is CC/C=C\C/C=C\C/C=C\C/C=C\C/C=C\C/C=C\C/C=C\CCCCCCCCCCCCCC(=O)OC(CO)COC(=O)CCCCCCCCCCCCCCCCCCCCCCCCCCCC. The average Bonchev–Trinajstić information content (AvgIpc) is 3.39. The first-order chi connectivity index (χ1) is 36.1. The van der Waals surface area contributed by atoms with Crippen molar-refractivity contribution < 1.29 is 24.2 Å². The van der Waals surface area contributed by atoms with Gasteiger partial charge < -0.3 is 14.6 Å². The summed E-state index contributed by atoms with van der Waals surface area (Å²) in [7, 11) is 0. The quantitative estimate of drug-likeness (QED) is 0.0373. The van der Waals surface area contributed by atoms with E-state index in [9.17, 15) is 14.7 Å². The predicted octanol–water partition coefficient (Wildman–Crippen LogP) is 21.7. The molecule has 0 spiro atoms. The number of aliphatic hydroxyl groups is 1. The van der Waals surface area contributed by atoms with E-state index in [1.165, 1.54) is 205 Å². The summed E-state index contributed by atoms with van der Waals surface area (Å²) in [5.74, 6) is -0.582. The van der Waals surface area contributed by atoms with Crippen molar-refractivity contribution in [2.75, 3.05) is 13.2 Å². The molecule has 1 unspecified atom stereocenters. The fraction of sp³-hybridized carbons (Fsp3) is 0.765. The normalized spacial score (nSPS) is 12.8. The minimum atomic E-state index is -0.777. The van der Waals surface area contributed by atoms with Gasteiger partial charge in [0.25, 0.3) is 0 Å². The van der Waals surface area contributed by atoms with Crippen LogP contribution in [0.15, 0.2) is 85.1 Å². The Balaban J connectivity index is 3.48. The summed E-state index contributed by atoms with van der Waals surface area (Å²) >= 11 is 0. The molecule has 422 valence electrons. The van der Waals surface area contributed by atoms with E-state index in [1.807, 2.05) is 0 Å². The smallest absolute Gasteiger partial charge is 0.306 e. The van der Waals surface area contributed by atoms with Crippen LogP contribution in [0.1, 0.15) is 316 Å². The monoisotopic (exact) mass is 1020 g/mol. The first-order valence-corrected chi connectivity index (χ1v) is 31.6. The summed E-state index contributed by atoms with van der Waals surface area (Å²) in [6, 6.07) is 0. The molecule has 1 N–H and O–H groups in total. The van der Waals surface area contributed by atoms with E-state index in [4.69, 9.17) is 9.47 Å². The summed E-state index contributed by atoms with van der Waals surface area (Å²) in [6.07, 6.45) is 88.7. The van der Waals surface area contributed by atoms with Crippen LogP contribution < -0.4 is 0 Å². The molecule has 0 aromatic rings. The van der Waals surface area contributed by atoms with Crippen molar-refractivity contribution in [3.8, 4) is 0 Å². The van der Waals surface area contributed by atoms with Crippen molar-refractivity contribution in [2.45, 2.75) is 322 Å². The van der Waals surface area contributed by atoms with Gasteiger partial charge in [-0.25, -0.2) is 0 Å². The molecule has 0 fully saturated rings. The standard InChI is InChI=1S/C68H120O5/c1-3-5-7-9-11-13-15-17-19-21-23-25-27-29-31-32-33-34-35-36-37-39-41-43-45-47-49-51-53-55-57-59-61-63-68(71)73-66(64-69)65-72-67(70)62-60-58-56-54-52-50-48-46-44-42-40-38-30-28-26-24-22-20-18-16-14-12-10-8-6-4-2/h5,7,11,13,17,19,23,25,29,31,33-34,36-37,66,69H,3-4,6,8-10,12,14-16,18,20-22,24,26-28,30,32,35,38-65H2,1-2H3/b7-5-,13-11-,19-17-,25-23-,31-29-,34-33-,37-36-. The minimum absolute atomic E-state index is 0.0661. The molecule has 0 aromatic heterocycles. The number of carbonyl (C=O) groups excluding carboxylic acids is 2. The van der Waals surface area contributed by atoms with Gasteiger partial charge in [0.1, 0.15) is 6.61 Å². The van der Waals surface area contributed by atoms with Gasteiger partial charge in [0.05, 0.1) is 6.61 Å². The van der Waals surface area contributed by atoms with Crippen molar-refractivity contribution >= 4 is 11.9 Å². The molecule has 5 nitrogen and oxygen atoms in total. The Bertz CT molecular complexity index is 1340. The third-order valence-electron chi connectivity index (χ3n) is 14.0. The number of ether oxygens (including phenoxy) is 2. The molecular weight excluding hydrogens is 897 g/mol. The molecular formula is C68H120O5. The van der Waals surface area contributed by atoms with E-state index in [2.05, 4.69) is 98.9 Å². The first-order valence-electron chi connectivity index (χ1n) is 31.6. The number of aliphatic hydroxyl groups excluding tert-OH is 1. The second-order valence-electron chi connectivity index (χ2n) is 21.1. The first kappa shape index (κ1) is 70.1. The fourth-order valence-electron chi connectivity index (χ4n) is 9.25. The molecule has 0 bridgehead atoms. The second-order valence-corrected chi connectivity index (χ2v) is 21.1. The number of esters is 2. The van der Waals surface area contributed by atoms with Crippen molar-refractivity contribution in [3.63, 3.8) is 0 Å². The number of rotatable bonds is 58. The van der Waals surface area contributed by atoms with Crippen LogP contribution in [-0.4, -0.2) is 36.4 Å². The summed E-state index contributed by atoms with van der Waals surface area (Å²) in [4.78, 5) is 24.6. The minimum Gasteiger partial charge on any atom is -0.462 e. The molecule has 0 radical (unpaired) electrons. The average molecular weight is 1020 g/mol. The number of hydrogen-bond donors (Lipinski definition) is 1. The van der Waals surface area contributed by atoms with Crippen molar-refractivity contribution in [1.82, 2.24) is 0 Å². The lowest BCUT2D eigenvalue weighted by Crippen LogP contribution is -2.28. The van der Waals surface area contributed by atoms with E-state index in [0.717, 1.165) is 83.5 Å². The highest BCUT2D eigenvalue weighted by molar-refractivity contribution is 5.70. The molecule has 0 amide bonds. The van der Waals surface area contributed by atoms with Gasteiger partial charge >= 0.3 is 11.9 Å². The Hall–Kier alpha value is -2.92. The van der Waals surface area contributed by atoms with Gasteiger partial charge in [0.2, 0.25) is 0 Å². The highest BCUT2D eigenvalue weighted by Crippen LogP contribution is 2.18. The van der Waals surface area contributed by atoms with E-state index >= 15 is 0 Å². The Kier molecular flexibility index (Phi) is 60.8. The second kappa shape index (κ2) is 63.4. The summed E-state index contributed by atoms with van der Waals surface area (Å²) < 4.78 is 10.7. The van der Waals surface area contributed by atoms with E-state index < -0.39 is 6.10 Å². The van der Waals surface area contributed by atoms with Gasteiger partial charge in [-0.3, -0.25) is 9.59 Å². The van der Waals surface area contributed by atoms with Gasteiger partial charge in [0, 0.05) is 12.8 Å². The van der Waals surface area contributed by atoms with Crippen LogP contribution in [0, 0.1) is 0 Å². The van der Waals surface area contributed by atoms with Gasteiger partial charge in [-0.15, -0.1) is 0 Å². The van der Waals surface area contributed by atoms with Crippen LogP contribution >= 0.6 is 0 Å². The van der Waals surface area contributed by atoms with Crippen molar-refractivity contribution in [2.24, 2.45) is 0 Å². The number of carbonyl (C=O) groups is 2.